The fourth-order valence-electron chi connectivity index (χ4n) is 2.70. The third kappa shape index (κ3) is 4.72. The van der Waals surface area contributed by atoms with Crippen LogP contribution in [0.2, 0.25) is 0 Å². The molecule has 2 amide bonds. The molecule has 1 aromatic rings. The summed E-state index contributed by atoms with van der Waals surface area (Å²) in [5.41, 5.74) is 1.88. The lowest BCUT2D eigenvalue weighted by molar-refractivity contribution is -0.127. The van der Waals surface area contributed by atoms with Gasteiger partial charge in [-0.3, -0.25) is 9.59 Å². The molecule has 2 N–H and O–H groups in total. The second-order valence-corrected chi connectivity index (χ2v) is 5.91. The number of benzene rings is 1. The zero-order valence-electron chi connectivity index (χ0n) is 13.3. The van der Waals surface area contributed by atoms with Crippen LogP contribution in [0, 0.1) is 0 Å². The average Bonchev–Trinajstić information content (AvgIpc) is 3.00. The van der Waals surface area contributed by atoms with Crippen LogP contribution in [0.3, 0.4) is 0 Å². The van der Waals surface area contributed by atoms with E-state index in [1.54, 1.807) is 6.92 Å². The van der Waals surface area contributed by atoms with E-state index in [-0.39, 0.29) is 17.9 Å². The van der Waals surface area contributed by atoms with Gasteiger partial charge in [0.15, 0.2) is 0 Å². The van der Waals surface area contributed by atoms with E-state index < -0.39 is 6.04 Å². The van der Waals surface area contributed by atoms with Gasteiger partial charge in [0.25, 0.3) is 0 Å². The standard InChI is InChI=1S/C18H24N2O2/c1-13(15-8-4-3-5-9-15)12-17(21)19-14(2)18(22)20-16-10-6-7-11-16/h3-5,8-9,12,14,16H,6-7,10-11H2,1-2H3,(H,19,21)(H,20,22)/b13-12+. The van der Waals surface area contributed by atoms with Crippen molar-refractivity contribution in [3.63, 3.8) is 0 Å². The summed E-state index contributed by atoms with van der Waals surface area (Å²) in [6.45, 7) is 3.60. The summed E-state index contributed by atoms with van der Waals surface area (Å²) in [6, 6.07) is 9.46. The molecule has 22 heavy (non-hydrogen) atoms. The van der Waals surface area contributed by atoms with Crippen LogP contribution < -0.4 is 10.6 Å². The first-order valence-electron chi connectivity index (χ1n) is 7.91. The molecule has 0 spiro atoms. The van der Waals surface area contributed by atoms with Gasteiger partial charge in [-0.05, 0) is 37.8 Å². The predicted molar refractivity (Wildman–Crippen MR) is 88.1 cm³/mol. The molecule has 1 fully saturated rings. The fourth-order valence-corrected chi connectivity index (χ4v) is 2.70. The van der Waals surface area contributed by atoms with Crippen molar-refractivity contribution >= 4 is 17.4 Å². The number of hydrogen-bond donors (Lipinski definition) is 2. The maximum Gasteiger partial charge on any atom is 0.244 e. The maximum absolute atomic E-state index is 12.0. The molecule has 1 aliphatic carbocycles. The first kappa shape index (κ1) is 16.3. The second kappa shape index (κ2) is 7.78. The highest BCUT2D eigenvalue weighted by atomic mass is 16.2. The average molecular weight is 300 g/mol. The molecule has 1 aromatic carbocycles. The molecule has 1 atom stereocenters. The number of carbonyl (C=O) groups is 2. The summed E-state index contributed by atoms with van der Waals surface area (Å²) in [5.74, 6) is -0.346. The smallest absolute Gasteiger partial charge is 0.244 e. The highest BCUT2D eigenvalue weighted by Gasteiger charge is 2.21. The minimum atomic E-state index is -0.520. The predicted octanol–water partition coefficient (Wildman–Crippen LogP) is 2.65. The number of allylic oxidation sites excluding steroid dienone is 1. The molecular weight excluding hydrogens is 276 g/mol. The molecule has 0 aliphatic heterocycles. The van der Waals surface area contributed by atoms with Crippen LogP contribution in [0.15, 0.2) is 36.4 Å². The van der Waals surface area contributed by atoms with Crippen LogP contribution in [0.25, 0.3) is 5.57 Å². The molecule has 0 radical (unpaired) electrons. The van der Waals surface area contributed by atoms with Crippen LogP contribution in [-0.2, 0) is 9.59 Å². The Morgan fingerprint density at radius 1 is 1.18 bits per heavy atom. The minimum absolute atomic E-state index is 0.106. The van der Waals surface area contributed by atoms with Crippen molar-refractivity contribution in [1.29, 1.82) is 0 Å². The van der Waals surface area contributed by atoms with E-state index in [1.165, 1.54) is 18.9 Å². The van der Waals surface area contributed by atoms with Crippen molar-refractivity contribution < 1.29 is 9.59 Å². The van der Waals surface area contributed by atoms with Gasteiger partial charge in [0.1, 0.15) is 6.04 Å². The monoisotopic (exact) mass is 300 g/mol. The van der Waals surface area contributed by atoms with Gasteiger partial charge in [-0.1, -0.05) is 43.2 Å². The van der Waals surface area contributed by atoms with Gasteiger partial charge >= 0.3 is 0 Å². The van der Waals surface area contributed by atoms with Crippen molar-refractivity contribution in [2.24, 2.45) is 0 Å². The highest BCUT2D eigenvalue weighted by molar-refractivity contribution is 5.97. The van der Waals surface area contributed by atoms with Gasteiger partial charge in [0.05, 0.1) is 0 Å². The third-order valence-corrected chi connectivity index (χ3v) is 4.03. The summed E-state index contributed by atoms with van der Waals surface area (Å²) in [4.78, 5) is 24.1. The molecule has 2 rings (SSSR count). The SMILES string of the molecule is C/C(=C\C(=O)NC(C)C(=O)NC1CCCC1)c1ccccc1. The molecule has 0 heterocycles. The number of carbonyl (C=O) groups excluding carboxylic acids is 2. The lowest BCUT2D eigenvalue weighted by atomic mass is 10.1. The molecule has 1 saturated carbocycles. The lowest BCUT2D eigenvalue weighted by Gasteiger charge is -2.17. The molecule has 1 aliphatic rings. The molecular formula is C18H24N2O2. The Kier molecular flexibility index (Phi) is 5.75. The van der Waals surface area contributed by atoms with E-state index >= 15 is 0 Å². The Balaban J connectivity index is 1.86. The fraction of sp³-hybridized carbons (Fsp3) is 0.444. The number of amides is 2. The highest BCUT2D eigenvalue weighted by Crippen LogP contribution is 2.17. The van der Waals surface area contributed by atoms with Gasteiger partial charge < -0.3 is 10.6 Å². The number of nitrogens with one attached hydrogen (secondary N) is 2. The summed E-state index contributed by atoms with van der Waals surface area (Å²) < 4.78 is 0. The number of hydrogen-bond acceptors (Lipinski definition) is 2. The largest absolute Gasteiger partial charge is 0.352 e. The van der Waals surface area contributed by atoms with Crippen molar-refractivity contribution in [3.8, 4) is 0 Å². The van der Waals surface area contributed by atoms with Gasteiger partial charge in [-0.25, -0.2) is 0 Å². The van der Waals surface area contributed by atoms with Crippen molar-refractivity contribution in [3.05, 3.63) is 42.0 Å². The molecule has 0 bridgehead atoms. The van der Waals surface area contributed by atoms with Crippen LogP contribution in [0.1, 0.15) is 45.1 Å². The van der Waals surface area contributed by atoms with Gasteiger partial charge in [-0.2, -0.15) is 0 Å². The Morgan fingerprint density at radius 2 is 1.82 bits per heavy atom. The van der Waals surface area contributed by atoms with Crippen LogP contribution in [0.4, 0.5) is 0 Å². The minimum Gasteiger partial charge on any atom is -0.352 e. The van der Waals surface area contributed by atoms with E-state index in [0.717, 1.165) is 24.0 Å². The van der Waals surface area contributed by atoms with E-state index in [0.29, 0.717) is 0 Å². The summed E-state index contributed by atoms with van der Waals surface area (Å²) >= 11 is 0. The first-order chi connectivity index (χ1) is 10.6. The van der Waals surface area contributed by atoms with Gasteiger partial charge in [0.2, 0.25) is 11.8 Å². The van der Waals surface area contributed by atoms with E-state index in [9.17, 15) is 9.59 Å². The van der Waals surface area contributed by atoms with Gasteiger partial charge in [-0.15, -0.1) is 0 Å². The molecule has 4 heteroatoms. The normalized spacial score (nSPS) is 17.1. The summed E-state index contributed by atoms with van der Waals surface area (Å²) in [6.07, 6.45) is 5.96. The van der Waals surface area contributed by atoms with Crippen LogP contribution in [0.5, 0.6) is 0 Å². The molecule has 4 nitrogen and oxygen atoms in total. The van der Waals surface area contributed by atoms with E-state index in [2.05, 4.69) is 10.6 Å². The van der Waals surface area contributed by atoms with Crippen LogP contribution >= 0.6 is 0 Å². The summed E-state index contributed by atoms with van der Waals surface area (Å²) in [5, 5.41) is 5.72. The molecule has 0 saturated heterocycles. The molecule has 0 aromatic heterocycles. The summed E-state index contributed by atoms with van der Waals surface area (Å²) in [7, 11) is 0. The Bertz CT molecular complexity index is 545. The Hall–Kier alpha value is -2.10. The quantitative estimate of drug-likeness (QED) is 0.821. The Labute approximate surface area is 132 Å². The second-order valence-electron chi connectivity index (χ2n) is 5.91. The van der Waals surface area contributed by atoms with E-state index in [4.69, 9.17) is 0 Å². The van der Waals surface area contributed by atoms with Gasteiger partial charge in [0, 0.05) is 12.1 Å². The zero-order valence-corrected chi connectivity index (χ0v) is 13.3. The number of rotatable bonds is 5. The Morgan fingerprint density at radius 3 is 2.45 bits per heavy atom. The zero-order chi connectivity index (χ0) is 15.9. The topological polar surface area (TPSA) is 58.2 Å². The molecule has 118 valence electrons. The molecule has 1 unspecified atom stereocenters. The van der Waals surface area contributed by atoms with Crippen molar-refractivity contribution in [2.45, 2.75) is 51.6 Å². The third-order valence-electron chi connectivity index (χ3n) is 4.03. The first-order valence-corrected chi connectivity index (χ1v) is 7.91. The lowest BCUT2D eigenvalue weighted by Crippen LogP contribution is -2.47. The van der Waals surface area contributed by atoms with Crippen molar-refractivity contribution in [2.75, 3.05) is 0 Å². The van der Waals surface area contributed by atoms with Crippen molar-refractivity contribution in [1.82, 2.24) is 10.6 Å². The maximum atomic E-state index is 12.0. The van der Waals surface area contributed by atoms with Crippen LogP contribution in [-0.4, -0.2) is 23.9 Å². The van der Waals surface area contributed by atoms with E-state index in [1.807, 2.05) is 37.3 Å².